The summed E-state index contributed by atoms with van der Waals surface area (Å²) in [5.41, 5.74) is -0.398. The van der Waals surface area contributed by atoms with Crippen LogP contribution in [-0.4, -0.2) is 68.7 Å². The average molecular weight is 206 g/mol. The van der Waals surface area contributed by atoms with E-state index in [-0.39, 0.29) is 62.5 Å². The molecule has 0 aromatic rings. The van der Waals surface area contributed by atoms with Crippen LogP contribution in [0.2, 0.25) is 0 Å². The molecule has 0 aliphatic rings. The molecule has 0 amide bonds. The molecule has 0 radical (unpaired) electrons. The first kappa shape index (κ1) is 15.6. The molecule has 3 nitrogen and oxygen atoms in total. The summed E-state index contributed by atoms with van der Waals surface area (Å²) in [4.78, 5) is 32.4. The quantitative estimate of drug-likeness (QED) is 0.286. The van der Waals surface area contributed by atoms with Crippen LogP contribution in [0.3, 0.4) is 0 Å². The van der Waals surface area contributed by atoms with Gasteiger partial charge in [-0.3, -0.25) is 14.4 Å². The van der Waals surface area contributed by atoms with E-state index in [4.69, 9.17) is 0 Å². The number of allylic oxidation sites excluding steroid dienone is 2. The van der Waals surface area contributed by atoms with Crippen molar-refractivity contribution >= 4 is 68.7 Å². The second-order valence-electron chi connectivity index (χ2n) is 2.40. The topological polar surface area (TPSA) is 51.2 Å². The Labute approximate surface area is 120 Å². The molecular weight excluding hydrogens is 195 g/mol. The molecule has 0 fully saturated rings. The molecule has 0 bridgehead atoms. The summed E-state index contributed by atoms with van der Waals surface area (Å²) in [6.45, 7) is 8.92. The SMILES string of the molecule is C=C(C(C)=O)C(=O)C(=C)C(C)=O.[KH]. The van der Waals surface area contributed by atoms with Gasteiger partial charge in [-0.1, -0.05) is 13.2 Å². The summed E-state index contributed by atoms with van der Waals surface area (Å²) in [7, 11) is 0. The molecule has 0 aliphatic heterocycles. The standard InChI is InChI=1S/C9H10O3.K.H/c1-5(7(3)10)9(12)6(2)8(4)11;;/h1-2H2,3-4H3;;. The van der Waals surface area contributed by atoms with Gasteiger partial charge in [0.15, 0.2) is 17.3 Å². The maximum absolute atomic E-state index is 11.1. The van der Waals surface area contributed by atoms with Crippen molar-refractivity contribution in [1.82, 2.24) is 0 Å². The summed E-state index contributed by atoms with van der Waals surface area (Å²) in [6, 6.07) is 0. The van der Waals surface area contributed by atoms with E-state index in [9.17, 15) is 14.4 Å². The van der Waals surface area contributed by atoms with Gasteiger partial charge in [-0.05, 0) is 13.8 Å². The Morgan fingerprint density at radius 3 is 1.23 bits per heavy atom. The van der Waals surface area contributed by atoms with Crippen molar-refractivity contribution in [3.63, 3.8) is 0 Å². The van der Waals surface area contributed by atoms with E-state index in [1.165, 1.54) is 13.8 Å². The van der Waals surface area contributed by atoms with Gasteiger partial charge in [0.25, 0.3) is 0 Å². The molecule has 4 heteroatoms. The second-order valence-corrected chi connectivity index (χ2v) is 2.40. The van der Waals surface area contributed by atoms with Gasteiger partial charge >= 0.3 is 51.4 Å². The fourth-order valence-corrected chi connectivity index (χ4v) is 0.502. The zero-order valence-corrected chi connectivity index (χ0v) is 7.14. The number of hydrogen-bond donors (Lipinski definition) is 0. The molecule has 13 heavy (non-hydrogen) atoms. The zero-order chi connectivity index (χ0) is 9.89. The van der Waals surface area contributed by atoms with Crippen LogP contribution in [0, 0.1) is 0 Å². The van der Waals surface area contributed by atoms with Gasteiger partial charge in [0.2, 0.25) is 0 Å². The van der Waals surface area contributed by atoms with Gasteiger partial charge in [-0.15, -0.1) is 0 Å². The first-order chi connectivity index (χ1) is 5.37. The molecule has 66 valence electrons. The Hall–Kier alpha value is 0.126. The van der Waals surface area contributed by atoms with Gasteiger partial charge in [0.05, 0.1) is 11.1 Å². The van der Waals surface area contributed by atoms with E-state index < -0.39 is 17.3 Å². The molecular formula is C9H11KO3. The van der Waals surface area contributed by atoms with Crippen LogP contribution in [0.25, 0.3) is 0 Å². The number of carbonyl (C=O) groups excluding carboxylic acids is 3. The molecule has 0 aromatic carbocycles. The first-order valence-electron chi connectivity index (χ1n) is 3.32. The molecule has 0 spiro atoms. The van der Waals surface area contributed by atoms with Gasteiger partial charge < -0.3 is 0 Å². The van der Waals surface area contributed by atoms with Gasteiger partial charge in [0.1, 0.15) is 0 Å². The summed E-state index contributed by atoms with van der Waals surface area (Å²) in [5.74, 6) is -1.56. The van der Waals surface area contributed by atoms with Crippen molar-refractivity contribution in [2.24, 2.45) is 0 Å². The number of carbonyl (C=O) groups is 3. The van der Waals surface area contributed by atoms with Gasteiger partial charge in [-0.25, -0.2) is 0 Å². The number of hydrogen-bond acceptors (Lipinski definition) is 3. The summed E-state index contributed by atoms with van der Waals surface area (Å²) >= 11 is 0. The van der Waals surface area contributed by atoms with E-state index in [2.05, 4.69) is 13.2 Å². The Morgan fingerprint density at radius 2 is 1.08 bits per heavy atom. The minimum absolute atomic E-state index is 0. The molecule has 0 aromatic heterocycles. The molecule has 0 unspecified atom stereocenters. The first-order valence-corrected chi connectivity index (χ1v) is 3.32. The Balaban J connectivity index is 0. The van der Waals surface area contributed by atoms with Gasteiger partial charge in [0, 0.05) is 0 Å². The van der Waals surface area contributed by atoms with E-state index >= 15 is 0 Å². The molecule has 0 N–H and O–H groups in total. The van der Waals surface area contributed by atoms with E-state index in [1.807, 2.05) is 0 Å². The van der Waals surface area contributed by atoms with Gasteiger partial charge in [-0.2, -0.15) is 0 Å². The maximum atomic E-state index is 11.1. The van der Waals surface area contributed by atoms with Crippen LogP contribution in [0.1, 0.15) is 13.8 Å². The Kier molecular flexibility index (Phi) is 7.87. The van der Waals surface area contributed by atoms with E-state index in [1.54, 1.807) is 0 Å². The van der Waals surface area contributed by atoms with Crippen molar-refractivity contribution in [2.75, 3.05) is 0 Å². The predicted molar refractivity (Wildman–Crippen MR) is 51.8 cm³/mol. The minimum atomic E-state index is -0.671. The number of ketones is 3. The van der Waals surface area contributed by atoms with Crippen molar-refractivity contribution in [1.29, 1.82) is 0 Å². The van der Waals surface area contributed by atoms with Crippen LogP contribution >= 0.6 is 0 Å². The molecule has 0 aliphatic carbocycles. The Morgan fingerprint density at radius 1 is 0.846 bits per heavy atom. The van der Waals surface area contributed by atoms with Crippen LogP contribution in [-0.2, 0) is 14.4 Å². The van der Waals surface area contributed by atoms with Crippen molar-refractivity contribution in [3.05, 3.63) is 24.3 Å². The number of Topliss-reactive ketones (excluding diaryl/α,β-unsaturated/α-hetero) is 3. The van der Waals surface area contributed by atoms with Crippen molar-refractivity contribution < 1.29 is 14.4 Å². The summed E-state index contributed by atoms with van der Waals surface area (Å²) < 4.78 is 0. The Bertz CT molecular complexity index is 261. The van der Waals surface area contributed by atoms with Crippen LogP contribution in [0.5, 0.6) is 0 Å². The average Bonchev–Trinajstić information content (AvgIpc) is 2.00. The van der Waals surface area contributed by atoms with E-state index in [0.29, 0.717) is 0 Å². The monoisotopic (exact) mass is 206 g/mol. The molecule has 0 saturated carbocycles. The van der Waals surface area contributed by atoms with Crippen molar-refractivity contribution in [2.45, 2.75) is 13.8 Å². The second kappa shape index (κ2) is 6.56. The van der Waals surface area contributed by atoms with Crippen LogP contribution in [0.4, 0.5) is 0 Å². The number of rotatable bonds is 4. The molecule has 0 atom stereocenters. The summed E-state index contributed by atoms with van der Waals surface area (Å²) in [6.07, 6.45) is 0. The molecule has 0 rings (SSSR count). The van der Waals surface area contributed by atoms with Crippen LogP contribution in [0.15, 0.2) is 24.3 Å². The fourth-order valence-electron chi connectivity index (χ4n) is 0.502. The normalized spacial score (nSPS) is 8.15. The molecule has 0 saturated heterocycles. The third kappa shape index (κ3) is 4.78. The third-order valence-electron chi connectivity index (χ3n) is 1.40. The predicted octanol–water partition coefficient (Wildman–Crippen LogP) is 0.197. The van der Waals surface area contributed by atoms with E-state index in [0.717, 1.165) is 0 Å². The van der Waals surface area contributed by atoms with Crippen molar-refractivity contribution in [3.8, 4) is 0 Å². The zero-order valence-electron chi connectivity index (χ0n) is 7.14. The molecule has 0 heterocycles. The third-order valence-corrected chi connectivity index (χ3v) is 1.40. The fraction of sp³-hybridized carbons (Fsp3) is 0.222. The summed E-state index contributed by atoms with van der Waals surface area (Å²) in [5, 5.41) is 0. The van der Waals surface area contributed by atoms with Crippen LogP contribution < -0.4 is 0 Å².